The lowest BCUT2D eigenvalue weighted by Crippen LogP contribution is -2.26. The van der Waals surface area contributed by atoms with Gasteiger partial charge in [0.1, 0.15) is 5.75 Å². The van der Waals surface area contributed by atoms with E-state index in [0.29, 0.717) is 19.8 Å². The molecule has 0 radical (unpaired) electrons. The fraction of sp³-hybridized carbons (Fsp3) is 0.385. The zero-order chi connectivity index (χ0) is 11.2. The molecule has 1 aromatic carbocycles. The molecule has 0 spiro atoms. The summed E-state index contributed by atoms with van der Waals surface area (Å²) in [6.07, 6.45) is 4.15. The molecule has 0 amide bonds. The first-order chi connectivity index (χ1) is 7.88. The smallest absolute Gasteiger partial charge is 0.118 e. The van der Waals surface area contributed by atoms with Gasteiger partial charge in [-0.25, -0.2) is 0 Å². The minimum Gasteiger partial charge on any atom is -0.497 e. The molecule has 0 N–H and O–H groups in total. The first kappa shape index (κ1) is 11.2. The normalized spacial score (nSPS) is 21.2. The van der Waals surface area contributed by atoms with Gasteiger partial charge >= 0.3 is 0 Å². The van der Waals surface area contributed by atoms with Crippen molar-refractivity contribution in [3.05, 3.63) is 35.9 Å². The summed E-state index contributed by atoms with van der Waals surface area (Å²) in [7, 11) is 1.66. The molecule has 86 valence electrons. The lowest BCUT2D eigenvalue weighted by Gasteiger charge is -2.19. The minimum absolute atomic E-state index is 0.0795. The Labute approximate surface area is 95.6 Å². The maximum atomic E-state index is 5.51. The highest BCUT2D eigenvalue weighted by molar-refractivity contribution is 5.51. The van der Waals surface area contributed by atoms with E-state index in [2.05, 4.69) is 0 Å². The van der Waals surface area contributed by atoms with Crippen molar-refractivity contribution in [1.29, 1.82) is 0 Å². The van der Waals surface area contributed by atoms with Crippen molar-refractivity contribution in [3.63, 3.8) is 0 Å². The number of ether oxygens (including phenoxy) is 3. The topological polar surface area (TPSA) is 27.7 Å². The van der Waals surface area contributed by atoms with Crippen LogP contribution in [0.4, 0.5) is 0 Å². The fourth-order valence-electron chi connectivity index (χ4n) is 1.55. The number of hydrogen-bond donors (Lipinski definition) is 0. The van der Waals surface area contributed by atoms with Gasteiger partial charge in [-0.1, -0.05) is 24.3 Å². The molecule has 2 rings (SSSR count). The van der Waals surface area contributed by atoms with Gasteiger partial charge in [0.2, 0.25) is 0 Å². The summed E-state index contributed by atoms with van der Waals surface area (Å²) < 4.78 is 15.9. The van der Waals surface area contributed by atoms with Crippen LogP contribution in [0.2, 0.25) is 0 Å². The monoisotopic (exact) mass is 220 g/mol. The average molecular weight is 220 g/mol. The van der Waals surface area contributed by atoms with Gasteiger partial charge in [-0.15, -0.1) is 0 Å². The zero-order valence-electron chi connectivity index (χ0n) is 9.39. The van der Waals surface area contributed by atoms with E-state index in [4.69, 9.17) is 14.2 Å². The Bertz CT molecular complexity index is 337. The summed E-state index contributed by atoms with van der Waals surface area (Å²) >= 11 is 0. The summed E-state index contributed by atoms with van der Waals surface area (Å²) in [6.45, 7) is 2.02. The van der Waals surface area contributed by atoms with Crippen molar-refractivity contribution in [2.24, 2.45) is 0 Å². The first-order valence-corrected chi connectivity index (χ1v) is 5.40. The Hall–Kier alpha value is -1.32. The molecule has 1 fully saturated rings. The molecule has 3 heteroatoms. The molecule has 1 unspecified atom stereocenters. The van der Waals surface area contributed by atoms with Gasteiger partial charge in [-0.2, -0.15) is 0 Å². The van der Waals surface area contributed by atoms with Gasteiger partial charge in [-0.05, 0) is 17.7 Å². The highest BCUT2D eigenvalue weighted by atomic mass is 16.6. The van der Waals surface area contributed by atoms with E-state index in [1.54, 1.807) is 7.11 Å². The molecule has 0 bridgehead atoms. The lowest BCUT2D eigenvalue weighted by atomic mass is 10.2. The molecule has 0 aliphatic carbocycles. The predicted molar refractivity (Wildman–Crippen MR) is 62.6 cm³/mol. The second kappa shape index (κ2) is 5.68. The van der Waals surface area contributed by atoms with E-state index < -0.39 is 0 Å². The Kier molecular flexibility index (Phi) is 3.97. The molecule has 0 saturated carbocycles. The number of hydrogen-bond acceptors (Lipinski definition) is 3. The van der Waals surface area contributed by atoms with E-state index in [1.165, 1.54) is 0 Å². The molecule has 3 nitrogen and oxygen atoms in total. The maximum absolute atomic E-state index is 5.51. The van der Waals surface area contributed by atoms with Crippen molar-refractivity contribution >= 4 is 6.08 Å². The van der Waals surface area contributed by atoms with Crippen molar-refractivity contribution in [2.75, 3.05) is 26.9 Å². The summed E-state index contributed by atoms with van der Waals surface area (Å²) in [4.78, 5) is 0. The number of methoxy groups -OCH3 is 1. The summed E-state index contributed by atoms with van der Waals surface area (Å²) in [5.41, 5.74) is 1.13. The van der Waals surface area contributed by atoms with Crippen LogP contribution in [0.15, 0.2) is 30.3 Å². The minimum atomic E-state index is 0.0795. The molecule has 0 aromatic heterocycles. The van der Waals surface area contributed by atoms with Crippen LogP contribution in [0.25, 0.3) is 6.08 Å². The van der Waals surface area contributed by atoms with Crippen LogP contribution in [-0.4, -0.2) is 33.0 Å². The molecule has 1 saturated heterocycles. The largest absolute Gasteiger partial charge is 0.497 e. The Morgan fingerprint density at radius 3 is 2.69 bits per heavy atom. The SMILES string of the molecule is COc1ccc(/C=C/C2COCCO2)cc1. The van der Waals surface area contributed by atoms with Crippen LogP contribution in [0, 0.1) is 0 Å². The van der Waals surface area contributed by atoms with Crippen LogP contribution in [-0.2, 0) is 9.47 Å². The average Bonchev–Trinajstić information content (AvgIpc) is 2.38. The van der Waals surface area contributed by atoms with Crippen molar-refractivity contribution in [2.45, 2.75) is 6.10 Å². The predicted octanol–water partition coefficient (Wildman–Crippen LogP) is 2.12. The highest BCUT2D eigenvalue weighted by Crippen LogP contribution is 2.13. The van der Waals surface area contributed by atoms with Gasteiger partial charge in [0.25, 0.3) is 0 Å². The third-order valence-corrected chi connectivity index (χ3v) is 2.46. The van der Waals surface area contributed by atoms with E-state index in [1.807, 2.05) is 36.4 Å². The van der Waals surface area contributed by atoms with Crippen molar-refractivity contribution < 1.29 is 14.2 Å². The van der Waals surface area contributed by atoms with Gasteiger partial charge in [0.15, 0.2) is 0 Å². The van der Waals surface area contributed by atoms with E-state index in [9.17, 15) is 0 Å². The quantitative estimate of drug-likeness (QED) is 0.781. The second-order valence-corrected chi connectivity index (χ2v) is 3.62. The molecule has 1 aromatic rings. The van der Waals surface area contributed by atoms with Crippen LogP contribution in [0.1, 0.15) is 5.56 Å². The molecule has 1 atom stereocenters. The van der Waals surface area contributed by atoms with Crippen molar-refractivity contribution in [3.8, 4) is 5.75 Å². The van der Waals surface area contributed by atoms with Gasteiger partial charge in [-0.3, -0.25) is 0 Å². The highest BCUT2D eigenvalue weighted by Gasteiger charge is 2.09. The molecule has 1 aliphatic heterocycles. The van der Waals surface area contributed by atoms with Crippen LogP contribution in [0.5, 0.6) is 5.75 Å². The van der Waals surface area contributed by atoms with Gasteiger partial charge < -0.3 is 14.2 Å². The fourth-order valence-corrected chi connectivity index (χ4v) is 1.55. The van der Waals surface area contributed by atoms with E-state index in [-0.39, 0.29) is 6.10 Å². The lowest BCUT2D eigenvalue weighted by molar-refractivity contribution is -0.0672. The summed E-state index contributed by atoms with van der Waals surface area (Å²) in [5, 5.41) is 0. The molecular weight excluding hydrogens is 204 g/mol. The second-order valence-electron chi connectivity index (χ2n) is 3.62. The van der Waals surface area contributed by atoms with E-state index in [0.717, 1.165) is 11.3 Å². The Balaban J connectivity index is 1.94. The molecular formula is C13H16O3. The Morgan fingerprint density at radius 1 is 1.25 bits per heavy atom. The molecule has 1 aliphatic rings. The summed E-state index contributed by atoms with van der Waals surface area (Å²) in [6, 6.07) is 7.91. The first-order valence-electron chi connectivity index (χ1n) is 5.40. The zero-order valence-corrected chi connectivity index (χ0v) is 9.39. The molecule has 16 heavy (non-hydrogen) atoms. The maximum Gasteiger partial charge on any atom is 0.118 e. The molecule has 1 heterocycles. The van der Waals surface area contributed by atoms with Crippen LogP contribution < -0.4 is 4.74 Å². The van der Waals surface area contributed by atoms with Crippen LogP contribution >= 0.6 is 0 Å². The van der Waals surface area contributed by atoms with E-state index >= 15 is 0 Å². The van der Waals surface area contributed by atoms with Crippen LogP contribution in [0.3, 0.4) is 0 Å². The van der Waals surface area contributed by atoms with Crippen molar-refractivity contribution in [1.82, 2.24) is 0 Å². The Morgan fingerprint density at radius 2 is 2.06 bits per heavy atom. The third-order valence-electron chi connectivity index (χ3n) is 2.46. The van der Waals surface area contributed by atoms with Gasteiger partial charge in [0.05, 0.1) is 33.0 Å². The number of benzene rings is 1. The summed E-state index contributed by atoms with van der Waals surface area (Å²) in [5.74, 6) is 0.870. The van der Waals surface area contributed by atoms with Gasteiger partial charge in [0, 0.05) is 0 Å². The third kappa shape index (κ3) is 3.08. The number of rotatable bonds is 3. The standard InChI is InChI=1S/C13H16O3/c1-14-12-5-2-11(3-6-12)4-7-13-10-15-8-9-16-13/h2-7,13H,8-10H2,1H3/b7-4+.